The summed E-state index contributed by atoms with van der Waals surface area (Å²) in [6.07, 6.45) is 5.08. The maximum Gasteiger partial charge on any atom is 0.348 e. The van der Waals surface area contributed by atoms with E-state index in [1.807, 2.05) is 36.4 Å². The van der Waals surface area contributed by atoms with Crippen LogP contribution < -0.4 is 14.8 Å². The lowest BCUT2D eigenvalue weighted by atomic mass is 10.2. The number of hydrogen-bond donors (Lipinski definition) is 1. The van der Waals surface area contributed by atoms with E-state index in [0.717, 1.165) is 39.6 Å². The molecule has 9 heteroatoms. The molecular weight excluding hydrogens is 476 g/mol. The molecular formula is C27H30N4O4S. The van der Waals surface area contributed by atoms with Gasteiger partial charge in [0.2, 0.25) is 0 Å². The normalized spacial score (nSPS) is 13.8. The Hall–Kier alpha value is -3.43. The van der Waals surface area contributed by atoms with E-state index in [9.17, 15) is 4.79 Å². The molecule has 0 amide bonds. The quantitative estimate of drug-likeness (QED) is 0.219. The van der Waals surface area contributed by atoms with Gasteiger partial charge in [0, 0.05) is 28.4 Å². The molecule has 1 aliphatic rings. The smallest absolute Gasteiger partial charge is 0.348 e. The molecule has 1 fully saturated rings. The number of benzene rings is 2. The van der Waals surface area contributed by atoms with Crippen LogP contribution in [0.3, 0.4) is 0 Å². The van der Waals surface area contributed by atoms with Gasteiger partial charge in [0.25, 0.3) is 0 Å². The molecule has 3 heterocycles. The average Bonchev–Trinajstić information content (AvgIpc) is 3.56. The Labute approximate surface area is 214 Å². The summed E-state index contributed by atoms with van der Waals surface area (Å²) in [7, 11) is 1.64. The summed E-state index contributed by atoms with van der Waals surface area (Å²) in [5.41, 5.74) is 1.62. The lowest BCUT2D eigenvalue weighted by molar-refractivity contribution is 0.0532. The first-order valence-corrected chi connectivity index (χ1v) is 13.1. The number of likely N-dealkylation sites (tertiary alicyclic amines) is 1. The minimum atomic E-state index is -0.295. The number of aromatic nitrogens is 2. The molecule has 5 rings (SSSR count). The van der Waals surface area contributed by atoms with Gasteiger partial charge in [-0.3, -0.25) is 0 Å². The number of anilines is 2. The zero-order valence-electron chi connectivity index (χ0n) is 20.6. The van der Waals surface area contributed by atoms with Gasteiger partial charge in [0.1, 0.15) is 17.0 Å². The predicted octanol–water partition coefficient (Wildman–Crippen LogP) is 5.64. The fourth-order valence-electron chi connectivity index (χ4n) is 4.47. The van der Waals surface area contributed by atoms with Gasteiger partial charge in [0.15, 0.2) is 11.5 Å². The van der Waals surface area contributed by atoms with Crippen molar-refractivity contribution in [2.24, 2.45) is 0 Å². The molecule has 0 bridgehead atoms. The van der Waals surface area contributed by atoms with E-state index in [1.54, 1.807) is 14.0 Å². The number of carbonyl (C=O) groups excluding carboxylic acids is 1. The first kappa shape index (κ1) is 24.3. The third kappa shape index (κ3) is 5.37. The second-order valence-electron chi connectivity index (χ2n) is 8.70. The van der Waals surface area contributed by atoms with Gasteiger partial charge in [-0.15, -0.1) is 11.3 Å². The summed E-state index contributed by atoms with van der Waals surface area (Å²) in [6, 6.07) is 11.6. The molecule has 8 nitrogen and oxygen atoms in total. The number of nitrogens with one attached hydrogen (secondary N) is 1. The van der Waals surface area contributed by atoms with Crippen LogP contribution in [0.5, 0.6) is 11.5 Å². The molecule has 36 heavy (non-hydrogen) atoms. The molecule has 4 aromatic rings. The van der Waals surface area contributed by atoms with Gasteiger partial charge in [-0.2, -0.15) is 0 Å². The van der Waals surface area contributed by atoms with E-state index in [2.05, 4.69) is 20.2 Å². The number of thiophene rings is 1. The van der Waals surface area contributed by atoms with Crippen LogP contribution in [-0.2, 0) is 4.74 Å². The van der Waals surface area contributed by atoms with Crippen LogP contribution in [0.2, 0.25) is 0 Å². The summed E-state index contributed by atoms with van der Waals surface area (Å²) in [4.78, 5) is 24.1. The van der Waals surface area contributed by atoms with E-state index >= 15 is 0 Å². The molecule has 2 aromatic carbocycles. The van der Waals surface area contributed by atoms with Crippen molar-refractivity contribution in [2.45, 2.75) is 26.2 Å². The summed E-state index contributed by atoms with van der Waals surface area (Å²) in [5, 5.41) is 5.21. The number of rotatable bonds is 10. The molecule has 0 saturated carbocycles. The monoisotopic (exact) mass is 506 g/mol. The Morgan fingerprint density at radius 2 is 1.97 bits per heavy atom. The highest BCUT2D eigenvalue weighted by Gasteiger charge is 2.15. The van der Waals surface area contributed by atoms with Crippen molar-refractivity contribution in [1.82, 2.24) is 14.9 Å². The second-order valence-corrected chi connectivity index (χ2v) is 9.79. The number of fused-ring (bicyclic) bond motifs is 2. The largest absolute Gasteiger partial charge is 0.493 e. The van der Waals surface area contributed by atoms with Gasteiger partial charge in [-0.05, 0) is 75.0 Å². The van der Waals surface area contributed by atoms with Crippen LogP contribution in [0.1, 0.15) is 35.9 Å². The third-order valence-electron chi connectivity index (χ3n) is 6.25. The van der Waals surface area contributed by atoms with Crippen LogP contribution in [0.25, 0.3) is 21.0 Å². The van der Waals surface area contributed by atoms with Crippen molar-refractivity contribution in [2.75, 3.05) is 45.3 Å². The zero-order chi connectivity index (χ0) is 24.9. The minimum Gasteiger partial charge on any atom is -0.493 e. The fourth-order valence-corrected chi connectivity index (χ4v) is 5.41. The number of methoxy groups -OCH3 is 1. The van der Waals surface area contributed by atoms with E-state index in [1.165, 1.54) is 43.6 Å². The highest BCUT2D eigenvalue weighted by atomic mass is 32.1. The SMILES string of the molecule is CCOC(=O)c1cc2cc(Nc3ncnc4cc(OC)c(OCCCN5CCCC5)cc34)ccc2s1. The maximum absolute atomic E-state index is 12.1. The second kappa shape index (κ2) is 11.1. The Kier molecular flexibility index (Phi) is 7.48. The molecule has 0 aliphatic carbocycles. The zero-order valence-corrected chi connectivity index (χ0v) is 21.4. The lowest BCUT2D eigenvalue weighted by Gasteiger charge is -2.16. The molecule has 0 radical (unpaired) electrons. The van der Waals surface area contributed by atoms with Gasteiger partial charge < -0.3 is 24.4 Å². The summed E-state index contributed by atoms with van der Waals surface area (Å²) in [5.74, 6) is 1.71. The van der Waals surface area contributed by atoms with E-state index in [4.69, 9.17) is 14.2 Å². The van der Waals surface area contributed by atoms with Crippen molar-refractivity contribution < 1.29 is 19.0 Å². The molecule has 1 N–H and O–H groups in total. The lowest BCUT2D eigenvalue weighted by Crippen LogP contribution is -2.21. The van der Waals surface area contributed by atoms with Gasteiger partial charge in [-0.1, -0.05) is 0 Å². The molecule has 2 aromatic heterocycles. The number of carbonyl (C=O) groups is 1. The van der Waals surface area contributed by atoms with Gasteiger partial charge in [-0.25, -0.2) is 14.8 Å². The Morgan fingerprint density at radius 3 is 2.78 bits per heavy atom. The van der Waals surface area contributed by atoms with E-state index < -0.39 is 0 Å². The Bertz CT molecular complexity index is 1370. The highest BCUT2D eigenvalue weighted by Crippen LogP contribution is 2.36. The maximum atomic E-state index is 12.1. The fraction of sp³-hybridized carbons (Fsp3) is 0.370. The number of nitrogens with zero attached hydrogens (tertiary/aromatic N) is 3. The van der Waals surface area contributed by atoms with Crippen molar-refractivity contribution in [3.8, 4) is 11.5 Å². The van der Waals surface area contributed by atoms with E-state index in [-0.39, 0.29) is 5.97 Å². The molecule has 0 unspecified atom stereocenters. The molecule has 0 spiro atoms. The van der Waals surface area contributed by atoms with Crippen molar-refractivity contribution in [1.29, 1.82) is 0 Å². The predicted molar refractivity (Wildman–Crippen MR) is 143 cm³/mol. The van der Waals surface area contributed by atoms with Gasteiger partial charge in [0.05, 0.1) is 25.8 Å². The number of hydrogen-bond acceptors (Lipinski definition) is 9. The van der Waals surface area contributed by atoms with Crippen molar-refractivity contribution >= 4 is 49.8 Å². The van der Waals surface area contributed by atoms with Crippen LogP contribution in [-0.4, -0.2) is 60.8 Å². The van der Waals surface area contributed by atoms with Crippen molar-refractivity contribution in [3.05, 3.63) is 47.6 Å². The van der Waals surface area contributed by atoms with Crippen LogP contribution in [0.15, 0.2) is 42.7 Å². The molecule has 1 saturated heterocycles. The third-order valence-corrected chi connectivity index (χ3v) is 7.35. The Balaban J connectivity index is 1.36. The Morgan fingerprint density at radius 1 is 1.11 bits per heavy atom. The molecule has 1 aliphatic heterocycles. The average molecular weight is 507 g/mol. The number of ether oxygens (including phenoxy) is 3. The minimum absolute atomic E-state index is 0.295. The van der Waals surface area contributed by atoms with E-state index in [0.29, 0.717) is 35.4 Å². The number of esters is 1. The summed E-state index contributed by atoms with van der Waals surface area (Å²) >= 11 is 1.42. The van der Waals surface area contributed by atoms with Crippen molar-refractivity contribution in [3.63, 3.8) is 0 Å². The summed E-state index contributed by atoms with van der Waals surface area (Å²) < 4.78 is 17.9. The standard InChI is InChI=1S/C27H30N4O4S/c1-3-34-27(32)25-14-18-13-19(7-8-24(18)36-25)30-26-20-15-23(22(33-2)16-21(20)28-17-29-26)35-12-6-11-31-9-4-5-10-31/h7-8,13-17H,3-6,9-12H2,1-2H3,(H,28,29,30). The topological polar surface area (TPSA) is 85.8 Å². The highest BCUT2D eigenvalue weighted by molar-refractivity contribution is 7.20. The molecule has 188 valence electrons. The first-order valence-electron chi connectivity index (χ1n) is 12.3. The first-order chi connectivity index (χ1) is 17.6. The van der Waals surface area contributed by atoms with Crippen LogP contribution >= 0.6 is 11.3 Å². The van der Waals surface area contributed by atoms with Crippen LogP contribution in [0, 0.1) is 0 Å². The molecule has 0 atom stereocenters. The summed E-state index contributed by atoms with van der Waals surface area (Å²) in [6.45, 7) is 6.21. The van der Waals surface area contributed by atoms with Gasteiger partial charge >= 0.3 is 5.97 Å². The van der Waals surface area contributed by atoms with Crippen LogP contribution in [0.4, 0.5) is 11.5 Å².